The summed E-state index contributed by atoms with van der Waals surface area (Å²) in [5.41, 5.74) is 7.00. The zero-order chi connectivity index (χ0) is 13.9. The number of halogens is 1. The highest BCUT2D eigenvalue weighted by Gasteiger charge is 2.26. The number of hydrogen-bond acceptors (Lipinski definition) is 2. The summed E-state index contributed by atoms with van der Waals surface area (Å²) in [5.74, 6) is 0.289. The van der Waals surface area contributed by atoms with Crippen LogP contribution in [0.25, 0.3) is 0 Å². The number of amides is 1. The van der Waals surface area contributed by atoms with Crippen LogP contribution in [0, 0.1) is 6.92 Å². The minimum Gasteiger partial charge on any atom is -0.444 e. The molecule has 0 aliphatic carbocycles. The van der Waals surface area contributed by atoms with Crippen LogP contribution < -0.4 is 5.73 Å². The molecule has 1 amide bonds. The van der Waals surface area contributed by atoms with Gasteiger partial charge in [-0.25, -0.2) is 4.79 Å². The van der Waals surface area contributed by atoms with Gasteiger partial charge in [-0.05, 0) is 50.3 Å². The van der Waals surface area contributed by atoms with Crippen LogP contribution in [0.3, 0.4) is 0 Å². The molecule has 1 rings (SSSR count). The Morgan fingerprint density at radius 1 is 1.50 bits per heavy atom. The predicted octanol–water partition coefficient (Wildman–Crippen LogP) is 4.13. The second-order valence-electron chi connectivity index (χ2n) is 5.24. The molecule has 1 aromatic carbocycles. The number of ether oxygens (including phenoxy) is 1. The van der Waals surface area contributed by atoms with Gasteiger partial charge in [0.2, 0.25) is 0 Å². The number of nitrogens with two attached hydrogens (primary N) is 1. The van der Waals surface area contributed by atoms with Gasteiger partial charge in [0.1, 0.15) is 5.60 Å². The van der Waals surface area contributed by atoms with Crippen LogP contribution in [0.2, 0.25) is 0 Å². The maximum absolute atomic E-state index is 10.8. The molecular formula is C14H20BrNO2. The summed E-state index contributed by atoms with van der Waals surface area (Å²) in [4.78, 5) is 10.8. The molecule has 0 fully saturated rings. The van der Waals surface area contributed by atoms with Gasteiger partial charge in [0, 0.05) is 4.47 Å². The van der Waals surface area contributed by atoms with E-state index in [9.17, 15) is 4.79 Å². The first-order valence-corrected chi connectivity index (χ1v) is 6.75. The minimum absolute atomic E-state index is 0.289. The summed E-state index contributed by atoms with van der Waals surface area (Å²) < 4.78 is 6.22. The largest absolute Gasteiger partial charge is 0.444 e. The monoisotopic (exact) mass is 313 g/mol. The van der Waals surface area contributed by atoms with Crippen molar-refractivity contribution >= 4 is 22.0 Å². The van der Waals surface area contributed by atoms with Crippen molar-refractivity contribution in [3.63, 3.8) is 0 Å². The maximum Gasteiger partial charge on any atom is 0.405 e. The van der Waals surface area contributed by atoms with Gasteiger partial charge < -0.3 is 10.5 Å². The van der Waals surface area contributed by atoms with E-state index in [4.69, 9.17) is 10.5 Å². The molecule has 0 aromatic heterocycles. The van der Waals surface area contributed by atoms with Gasteiger partial charge in [-0.1, -0.05) is 35.0 Å². The second-order valence-corrected chi connectivity index (χ2v) is 6.09. The Labute approximate surface area is 117 Å². The van der Waals surface area contributed by atoms with Crippen LogP contribution in [0.4, 0.5) is 4.79 Å². The van der Waals surface area contributed by atoms with Crippen LogP contribution >= 0.6 is 15.9 Å². The third-order valence-electron chi connectivity index (χ3n) is 3.02. The van der Waals surface area contributed by atoms with Crippen LogP contribution in [-0.2, 0) is 4.74 Å². The summed E-state index contributed by atoms with van der Waals surface area (Å²) in [6, 6.07) is 6.15. The molecule has 18 heavy (non-hydrogen) atoms. The highest BCUT2D eigenvalue weighted by molar-refractivity contribution is 9.10. The third-order valence-corrected chi connectivity index (χ3v) is 3.87. The van der Waals surface area contributed by atoms with Gasteiger partial charge in [0.15, 0.2) is 0 Å². The molecule has 1 atom stereocenters. The van der Waals surface area contributed by atoms with Gasteiger partial charge in [-0.15, -0.1) is 0 Å². The molecular weight excluding hydrogens is 294 g/mol. The molecule has 1 aromatic rings. The molecule has 0 saturated heterocycles. The van der Waals surface area contributed by atoms with Crippen molar-refractivity contribution in [1.29, 1.82) is 0 Å². The lowest BCUT2D eigenvalue weighted by Gasteiger charge is -2.28. The molecule has 0 radical (unpaired) electrons. The Kier molecular flexibility index (Phi) is 4.79. The van der Waals surface area contributed by atoms with Crippen LogP contribution in [-0.4, -0.2) is 11.7 Å². The fourth-order valence-electron chi connectivity index (χ4n) is 2.32. The van der Waals surface area contributed by atoms with E-state index < -0.39 is 11.7 Å². The lowest BCUT2D eigenvalue weighted by Crippen LogP contribution is -2.32. The van der Waals surface area contributed by atoms with Crippen molar-refractivity contribution in [2.75, 3.05) is 0 Å². The molecule has 0 aliphatic heterocycles. The zero-order valence-corrected chi connectivity index (χ0v) is 12.9. The molecule has 0 saturated carbocycles. The van der Waals surface area contributed by atoms with Crippen molar-refractivity contribution in [3.8, 4) is 0 Å². The molecule has 4 heteroatoms. The summed E-state index contributed by atoms with van der Waals surface area (Å²) in [6.45, 7) is 7.96. The maximum atomic E-state index is 10.8. The number of carbonyl (C=O) groups is 1. The van der Waals surface area contributed by atoms with Crippen molar-refractivity contribution < 1.29 is 9.53 Å². The van der Waals surface area contributed by atoms with Crippen LogP contribution in [0.5, 0.6) is 0 Å². The van der Waals surface area contributed by atoms with E-state index >= 15 is 0 Å². The van der Waals surface area contributed by atoms with E-state index in [0.29, 0.717) is 0 Å². The zero-order valence-electron chi connectivity index (χ0n) is 11.3. The Bertz CT molecular complexity index is 443. The van der Waals surface area contributed by atoms with Crippen molar-refractivity contribution in [2.24, 2.45) is 5.73 Å². The fraction of sp³-hybridized carbons (Fsp3) is 0.500. The second kappa shape index (κ2) is 5.74. The smallest absolute Gasteiger partial charge is 0.405 e. The third kappa shape index (κ3) is 4.02. The van der Waals surface area contributed by atoms with E-state index in [1.54, 1.807) is 0 Å². The lowest BCUT2D eigenvalue weighted by atomic mass is 9.87. The van der Waals surface area contributed by atoms with E-state index in [2.05, 4.69) is 35.8 Å². The highest BCUT2D eigenvalue weighted by Crippen LogP contribution is 2.32. The molecule has 0 heterocycles. The minimum atomic E-state index is -0.724. The van der Waals surface area contributed by atoms with Gasteiger partial charge >= 0.3 is 6.09 Å². The van der Waals surface area contributed by atoms with Gasteiger partial charge in [0.25, 0.3) is 0 Å². The molecule has 2 N–H and O–H groups in total. The van der Waals surface area contributed by atoms with E-state index in [1.807, 2.05) is 26.0 Å². The molecule has 0 spiro atoms. The van der Waals surface area contributed by atoms with E-state index in [0.717, 1.165) is 10.9 Å². The summed E-state index contributed by atoms with van der Waals surface area (Å²) in [6.07, 6.45) is 0.00548. The van der Waals surface area contributed by atoms with Crippen molar-refractivity contribution in [3.05, 3.63) is 33.8 Å². The SMILES string of the molecule is Cc1c(Br)cccc1[C@H](C)CC(C)(C)OC(N)=O. The lowest BCUT2D eigenvalue weighted by molar-refractivity contribution is 0.0349. The molecule has 0 bridgehead atoms. The topological polar surface area (TPSA) is 52.3 Å². The number of benzene rings is 1. The van der Waals surface area contributed by atoms with Gasteiger partial charge in [-0.2, -0.15) is 0 Å². The number of rotatable bonds is 4. The average Bonchev–Trinajstić information content (AvgIpc) is 2.18. The van der Waals surface area contributed by atoms with Gasteiger partial charge in [-0.3, -0.25) is 0 Å². The average molecular weight is 314 g/mol. The quantitative estimate of drug-likeness (QED) is 0.908. The van der Waals surface area contributed by atoms with Crippen LogP contribution in [0.1, 0.15) is 44.2 Å². The number of hydrogen-bond donors (Lipinski definition) is 1. The van der Waals surface area contributed by atoms with E-state index in [1.165, 1.54) is 11.1 Å². The normalized spacial score (nSPS) is 13.2. The number of carbonyl (C=O) groups excluding carboxylic acids is 1. The first kappa shape index (κ1) is 15.0. The molecule has 0 unspecified atom stereocenters. The predicted molar refractivity (Wildman–Crippen MR) is 76.7 cm³/mol. The number of primary amides is 1. The highest BCUT2D eigenvalue weighted by atomic mass is 79.9. The Balaban J connectivity index is 2.85. The Morgan fingerprint density at radius 3 is 2.67 bits per heavy atom. The molecule has 3 nitrogen and oxygen atoms in total. The molecule has 0 aliphatic rings. The summed E-state index contributed by atoms with van der Waals surface area (Å²) in [7, 11) is 0. The van der Waals surface area contributed by atoms with Gasteiger partial charge in [0.05, 0.1) is 0 Å². The van der Waals surface area contributed by atoms with Crippen molar-refractivity contribution in [2.45, 2.75) is 45.6 Å². The first-order chi connectivity index (χ1) is 8.23. The van der Waals surface area contributed by atoms with Crippen LogP contribution in [0.15, 0.2) is 22.7 Å². The summed E-state index contributed by atoms with van der Waals surface area (Å²) in [5, 5.41) is 0. The Hall–Kier alpha value is -1.03. The standard InChI is InChI=1S/C14H20BrNO2/c1-9(8-14(3,4)18-13(16)17)11-6-5-7-12(15)10(11)2/h5-7,9H,8H2,1-4H3,(H2,16,17)/t9-/m1/s1. The first-order valence-electron chi connectivity index (χ1n) is 5.96. The fourth-order valence-corrected chi connectivity index (χ4v) is 2.70. The summed E-state index contributed by atoms with van der Waals surface area (Å²) >= 11 is 3.53. The molecule has 100 valence electrons. The Morgan fingerprint density at radius 2 is 2.11 bits per heavy atom. The van der Waals surface area contributed by atoms with Crippen molar-refractivity contribution in [1.82, 2.24) is 0 Å². The van der Waals surface area contributed by atoms with E-state index in [-0.39, 0.29) is 5.92 Å².